The minimum atomic E-state index is -0.466. The molecule has 1 atom stereocenters. The molecule has 156 valence electrons. The van der Waals surface area contributed by atoms with E-state index < -0.39 is 11.9 Å². The summed E-state index contributed by atoms with van der Waals surface area (Å²) in [5.74, 6) is -0.441. The Labute approximate surface area is 174 Å². The quantitative estimate of drug-likeness (QED) is 0.637. The van der Waals surface area contributed by atoms with Crippen LogP contribution in [0.2, 0.25) is 0 Å². The second-order valence-corrected chi connectivity index (χ2v) is 8.78. The van der Waals surface area contributed by atoms with E-state index >= 15 is 4.39 Å². The van der Waals surface area contributed by atoms with Gasteiger partial charge in [0, 0.05) is 28.4 Å². The van der Waals surface area contributed by atoms with Crippen molar-refractivity contribution in [1.29, 1.82) is 5.26 Å². The number of nitriles is 1. The molecule has 2 N–H and O–H groups in total. The average molecular weight is 408 g/mol. The second-order valence-electron chi connectivity index (χ2n) is 8.78. The number of hydrogen-bond donors (Lipinski definition) is 2. The molecule has 0 aliphatic carbocycles. The monoisotopic (exact) mass is 408 g/mol. The summed E-state index contributed by atoms with van der Waals surface area (Å²) in [4.78, 5) is 17.4. The van der Waals surface area contributed by atoms with Crippen molar-refractivity contribution < 1.29 is 13.9 Å². The molecule has 1 aliphatic rings. The zero-order chi connectivity index (χ0) is 21.5. The van der Waals surface area contributed by atoms with Crippen molar-refractivity contribution in [2.24, 2.45) is 0 Å². The second kappa shape index (κ2) is 7.52. The summed E-state index contributed by atoms with van der Waals surface area (Å²) in [5, 5.41) is 13.9. The molecule has 0 radical (unpaired) electrons. The molecule has 0 bridgehead atoms. The smallest absolute Gasteiger partial charge is 0.407 e. The van der Waals surface area contributed by atoms with E-state index in [2.05, 4.69) is 16.4 Å². The van der Waals surface area contributed by atoms with Gasteiger partial charge in [-0.05, 0) is 45.7 Å². The molecule has 0 saturated carbocycles. The van der Waals surface area contributed by atoms with Crippen LogP contribution in [0.1, 0.15) is 39.2 Å². The Morgan fingerprint density at radius 3 is 2.87 bits per heavy atom. The van der Waals surface area contributed by atoms with Gasteiger partial charge in [-0.15, -0.1) is 0 Å². The highest BCUT2D eigenvalue weighted by Crippen LogP contribution is 2.39. The van der Waals surface area contributed by atoms with E-state index in [1.165, 1.54) is 6.07 Å². The van der Waals surface area contributed by atoms with Gasteiger partial charge in [0.25, 0.3) is 0 Å². The van der Waals surface area contributed by atoms with E-state index in [0.717, 1.165) is 23.7 Å². The molecule has 0 unspecified atom stereocenters. The number of amides is 1. The SMILES string of the molecule is CC(C)(C)NC(=O)O[C@H]1CCCN(c2c(F)cc(C#N)c3[nH]c4ccccc4c23)C1. The lowest BCUT2D eigenvalue weighted by Gasteiger charge is -2.35. The predicted octanol–water partition coefficient (Wildman–Crippen LogP) is 4.83. The molecule has 3 aromatic rings. The molecule has 4 rings (SSSR count). The predicted molar refractivity (Wildman–Crippen MR) is 115 cm³/mol. The Kier molecular flexibility index (Phi) is 5.02. The topological polar surface area (TPSA) is 81.2 Å². The summed E-state index contributed by atoms with van der Waals surface area (Å²) in [6, 6.07) is 11.0. The van der Waals surface area contributed by atoms with E-state index in [4.69, 9.17) is 4.74 Å². The number of piperidine rings is 1. The summed E-state index contributed by atoms with van der Waals surface area (Å²) < 4.78 is 20.9. The van der Waals surface area contributed by atoms with Crippen molar-refractivity contribution in [3.05, 3.63) is 41.7 Å². The molecule has 0 spiro atoms. The molecule has 1 fully saturated rings. The number of alkyl carbamates (subject to hydrolysis) is 1. The molecule has 2 heterocycles. The first-order valence-electron chi connectivity index (χ1n) is 10.1. The first kappa shape index (κ1) is 20.0. The number of nitrogens with one attached hydrogen (secondary N) is 2. The lowest BCUT2D eigenvalue weighted by molar-refractivity contribution is 0.0826. The fraction of sp³-hybridized carbons (Fsp3) is 0.391. The molecule has 1 saturated heterocycles. The highest BCUT2D eigenvalue weighted by Gasteiger charge is 2.29. The number of fused-ring (bicyclic) bond motifs is 3. The number of benzene rings is 2. The van der Waals surface area contributed by atoms with Crippen LogP contribution >= 0.6 is 0 Å². The van der Waals surface area contributed by atoms with E-state index in [-0.39, 0.29) is 17.2 Å². The van der Waals surface area contributed by atoms with E-state index in [1.807, 2.05) is 49.9 Å². The van der Waals surface area contributed by atoms with Crippen molar-refractivity contribution in [2.45, 2.75) is 45.3 Å². The van der Waals surface area contributed by atoms with Gasteiger partial charge in [0.05, 0.1) is 23.3 Å². The Hall–Kier alpha value is -3.27. The van der Waals surface area contributed by atoms with Gasteiger partial charge in [0.2, 0.25) is 0 Å². The number of ether oxygens (including phenoxy) is 1. The third kappa shape index (κ3) is 3.78. The number of para-hydroxylation sites is 1. The molecule has 1 aromatic heterocycles. The Morgan fingerprint density at radius 2 is 2.13 bits per heavy atom. The zero-order valence-electron chi connectivity index (χ0n) is 17.4. The van der Waals surface area contributed by atoms with Gasteiger partial charge in [-0.1, -0.05) is 18.2 Å². The van der Waals surface area contributed by atoms with Gasteiger partial charge in [0.15, 0.2) is 0 Å². The Morgan fingerprint density at radius 1 is 1.37 bits per heavy atom. The van der Waals surface area contributed by atoms with E-state index in [1.54, 1.807) is 0 Å². The molecular weight excluding hydrogens is 383 g/mol. The number of halogens is 1. The van der Waals surface area contributed by atoms with Gasteiger partial charge >= 0.3 is 6.09 Å². The molecular formula is C23H25FN4O2. The number of rotatable bonds is 2. The van der Waals surface area contributed by atoms with Crippen LogP contribution < -0.4 is 10.2 Å². The molecule has 30 heavy (non-hydrogen) atoms. The first-order valence-corrected chi connectivity index (χ1v) is 10.1. The van der Waals surface area contributed by atoms with Crippen LogP contribution in [0.25, 0.3) is 21.8 Å². The summed E-state index contributed by atoms with van der Waals surface area (Å²) in [5.41, 5.74) is 1.82. The van der Waals surface area contributed by atoms with Crippen LogP contribution in [0.3, 0.4) is 0 Å². The van der Waals surface area contributed by atoms with Crippen LogP contribution in [-0.2, 0) is 4.74 Å². The maximum absolute atomic E-state index is 15.2. The number of aromatic nitrogens is 1. The maximum atomic E-state index is 15.2. The van der Waals surface area contributed by atoms with Crippen LogP contribution in [0, 0.1) is 17.1 Å². The van der Waals surface area contributed by atoms with Gasteiger partial charge in [0.1, 0.15) is 18.0 Å². The number of nitrogens with zero attached hydrogens (tertiary/aromatic N) is 2. The highest BCUT2D eigenvalue weighted by atomic mass is 19.1. The normalized spacial score (nSPS) is 17.2. The minimum Gasteiger partial charge on any atom is -0.444 e. The number of aromatic amines is 1. The van der Waals surface area contributed by atoms with Crippen LogP contribution in [0.15, 0.2) is 30.3 Å². The minimum absolute atomic E-state index is 0.275. The zero-order valence-corrected chi connectivity index (χ0v) is 17.4. The first-order chi connectivity index (χ1) is 14.3. The standard InChI is InChI=1S/C23H25FN4O2/c1-23(2,3)27-22(29)30-15-7-6-10-28(13-15)21-17(24)11-14(12-25)20-19(21)16-8-4-5-9-18(16)26-20/h4-5,8-9,11,15,26H,6-7,10,13H2,1-3H3,(H,27,29)/t15-/m0/s1. The van der Waals surface area contributed by atoms with Crippen molar-refractivity contribution in [3.8, 4) is 6.07 Å². The fourth-order valence-electron chi connectivity index (χ4n) is 4.10. The van der Waals surface area contributed by atoms with Crippen molar-refractivity contribution in [1.82, 2.24) is 10.3 Å². The number of hydrogen-bond acceptors (Lipinski definition) is 4. The molecule has 6 nitrogen and oxygen atoms in total. The largest absolute Gasteiger partial charge is 0.444 e. The molecule has 7 heteroatoms. The summed E-state index contributed by atoms with van der Waals surface area (Å²) in [7, 11) is 0. The average Bonchev–Trinajstić information content (AvgIpc) is 3.05. The van der Waals surface area contributed by atoms with Crippen molar-refractivity contribution in [3.63, 3.8) is 0 Å². The number of H-pyrrole nitrogens is 1. The van der Waals surface area contributed by atoms with Crippen molar-refractivity contribution >= 4 is 33.6 Å². The van der Waals surface area contributed by atoms with Crippen LogP contribution in [0.4, 0.5) is 14.9 Å². The van der Waals surface area contributed by atoms with Gasteiger partial charge in [-0.25, -0.2) is 9.18 Å². The number of anilines is 1. The van der Waals surface area contributed by atoms with Crippen LogP contribution in [-0.4, -0.2) is 35.8 Å². The lowest BCUT2D eigenvalue weighted by Crippen LogP contribution is -2.46. The summed E-state index contributed by atoms with van der Waals surface area (Å²) in [6.07, 6.45) is 0.697. The summed E-state index contributed by atoms with van der Waals surface area (Å²) in [6.45, 7) is 6.72. The lowest BCUT2D eigenvalue weighted by atomic mass is 10.0. The van der Waals surface area contributed by atoms with Gasteiger partial charge in [-0.2, -0.15) is 5.26 Å². The maximum Gasteiger partial charge on any atom is 0.407 e. The van der Waals surface area contributed by atoms with Gasteiger partial charge in [-0.3, -0.25) is 0 Å². The number of carbonyl (C=O) groups is 1. The molecule has 2 aromatic carbocycles. The Balaban J connectivity index is 1.71. The van der Waals surface area contributed by atoms with E-state index in [9.17, 15) is 10.1 Å². The van der Waals surface area contributed by atoms with E-state index in [0.29, 0.717) is 29.7 Å². The van der Waals surface area contributed by atoms with Crippen LogP contribution in [0.5, 0.6) is 0 Å². The highest BCUT2D eigenvalue weighted by molar-refractivity contribution is 6.15. The molecule has 1 amide bonds. The van der Waals surface area contributed by atoms with Crippen molar-refractivity contribution in [2.75, 3.05) is 18.0 Å². The summed E-state index contributed by atoms with van der Waals surface area (Å²) >= 11 is 0. The fourth-order valence-corrected chi connectivity index (χ4v) is 4.10. The third-order valence-corrected chi connectivity index (χ3v) is 5.28. The van der Waals surface area contributed by atoms with Gasteiger partial charge < -0.3 is 19.9 Å². The molecule has 1 aliphatic heterocycles. The third-order valence-electron chi connectivity index (χ3n) is 5.28. The Bertz CT molecular complexity index is 1160. The number of carbonyl (C=O) groups excluding carboxylic acids is 1.